The largest absolute Gasteiger partial charge is 0.376 e. The molecule has 0 saturated heterocycles. The lowest BCUT2D eigenvalue weighted by molar-refractivity contribution is -0.121. The number of hydrogen-bond donors (Lipinski definition) is 2. The highest BCUT2D eigenvalue weighted by atomic mass is 32.1. The van der Waals surface area contributed by atoms with E-state index in [-0.39, 0.29) is 5.91 Å². The number of ether oxygens (including phenoxy) is 1. The quantitative estimate of drug-likeness (QED) is 0.521. The Morgan fingerprint density at radius 1 is 1.43 bits per heavy atom. The highest BCUT2D eigenvalue weighted by molar-refractivity contribution is 7.80. The van der Waals surface area contributed by atoms with Gasteiger partial charge in [0.2, 0.25) is 5.91 Å². The van der Waals surface area contributed by atoms with Crippen LogP contribution in [0.4, 0.5) is 0 Å². The van der Waals surface area contributed by atoms with Crippen LogP contribution in [0.1, 0.15) is 32.1 Å². The van der Waals surface area contributed by atoms with Crippen molar-refractivity contribution in [2.45, 2.75) is 38.2 Å². The Labute approximate surface area is 91.0 Å². The van der Waals surface area contributed by atoms with Gasteiger partial charge in [0.05, 0.1) is 12.7 Å². The number of rotatable bonds is 6. The molecule has 82 valence electrons. The van der Waals surface area contributed by atoms with Gasteiger partial charge in [0.25, 0.3) is 0 Å². The number of carbonyl (C=O) groups excluding carboxylic acids is 1. The van der Waals surface area contributed by atoms with Crippen LogP contribution in [0.2, 0.25) is 0 Å². The molecule has 0 heterocycles. The average molecular weight is 217 g/mol. The van der Waals surface area contributed by atoms with Crippen molar-refractivity contribution in [1.29, 1.82) is 0 Å². The van der Waals surface area contributed by atoms with Crippen molar-refractivity contribution >= 4 is 18.5 Å². The fourth-order valence-electron chi connectivity index (χ4n) is 1.66. The third-order valence-corrected chi connectivity index (χ3v) is 2.64. The van der Waals surface area contributed by atoms with E-state index in [1.54, 1.807) is 0 Å². The average Bonchev–Trinajstić information content (AvgIpc) is 2.65. The summed E-state index contributed by atoms with van der Waals surface area (Å²) in [5.74, 6) is 0.671. The fraction of sp³-hybridized carbons (Fsp3) is 0.900. The van der Waals surface area contributed by atoms with E-state index in [4.69, 9.17) is 4.74 Å². The van der Waals surface area contributed by atoms with Gasteiger partial charge in [-0.15, -0.1) is 0 Å². The first-order valence-electron chi connectivity index (χ1n) is 5.32. The maximum Gasteiger partial charge on any atom is 0.220 e. The molecule has 0 bridgehead atoms. The van der Waals surface area contributed by atoms with Crippen molar-refractivity contribution in [3.8, 4) is 0 Å². The van der Waals surface area contributed by atoms with Crippen molar-refractivity contribution in [2.24, 2.45) is 0 Å². The Hall–Kier alpha value is -0.220. The summed E-state index contributed by atoms with van der Waals surface area (Å²) in [5, 5.41) is 2.79. The van der Waals surface area contributed by atoms with Crippen LogP contribution in [-0.4, -0.2) is 30.9 Å². The van der Waals surface area contributed by atoms with Crippen molar-refractivity contribution in [3.05, 3.63) is 0 Å². The minimum atomic E-state index is 0.0648. The third kappa shape index (κ3) is 4.86. The van der Waals surface area contributed by atoms with Gasteiger partial charge in [0.15, 0.2) is 0 Å². The predicted molar refractivity (Wildman–Crippen MR) is 59.7 cm³/mol. The van der Waals surface area contributed by atoms with Crippen LogP contribution in [0.15, 0.2) is 0 Å². The highest BCUT2D eigenvalue weighted by Gasteiger charge is 2.14. The van der Waals surface area contributed by atoms with E-state index in [1.165, 1.54) is 25.7 Å². The molecule has 0 aromatic heterocycles. The smallest absolute Gasteiger partial charge is 0.220 e. The molecule has 1 fully saturated rings. The normalized spacial score (nSPS) is 17.2. The van der Waals surface area contributed by atoms with Gasteiger partial charge in [-0.1, -0.05) is 12.8 Å². The summed E-state index contributed by atoms with van der Waals surface area (Å²) in [7, 11) is 0. The standard InChI is InChI=1S/C10H19NO2S/c12-10(5-8-14)11-6-7-13-9-3-1-2-4-9/h9,14H,1-8H2,(H,11,12). The highest BCUT2D eigenvalue weighted by Crippen LogP contribution is 2.20. The summed E-state index contributed by atoms with van der Waals surface area (Å²) in [6.07, 6.45) is 5.88. The molecule has 0 atom stereocenters. The van der Waals surface area contributed by atoms with Crippen LogP contribution in [0.25, 0.3) is 0 Å². The molecule has 4 heteroatoms. The molecule has 3 nitrogen and oxygen atoms in total. The molecule has 0 aromatic carbocycles. The molecule has 1 N–H and O–H groups in total. The molecule has 1 amide bonds. The van der Waals surface area contributed by atoms with Crippen molar-refractivity contribution < 1.29 is 9.53 Å². The molecular weight excluding hydrogens is 198 g/mol. The molecule has 14 heavy (non-hydrogen) atoms. The lowest BCUT2D eigenvalue weighted by Gasteiger charge is -2.11. The van der Waals surface area contributed by atoms with Gasteiger partial charge < -0.3 is 10.1 Å². The first kappa shape index (κ1) is 11.9. The van der Waals surface area contributed by atoms with Crippen LogP contribution in [-0.2, 0) is 9.53 Å². The summed E-state index contributed by atoms with van der Waals surface area (Å²) in [4.78, 5) is 11.0. The maximum atomic E-state index is 11.0. The Morgan fingerprint density at radius 2 is 2.14 bits per heavy atom. The summed E-state index contributed by atoms with van der Waals surface area (Å²) < 4.78 is 5.60. The van der Waals surface area contributed by atoms with Gasteiger partial charge in [-0.05, 0) is 18.6 Å². The van der Waals surface area contributed by atoms with Gasteiger partial charge >= 0.3 is 0 Å². The van der Waals surface area contributed by atoms with Crippen molar-refractivity contribution in [1.82, 2.24) is 5.32 Å². The second kappa shape index (κ2) is 7.12. The Kier molecular flexibility index (Phi) is 6.03. The molecule has 0 aliphatic heterocycles. The summed E-state index contributed by atoms with van der Waals surface area (Å²) >= 11 is 3.98. The summed E-state index contributed by atoms with van der Waals surface area (Å²) in [5.41, 5.74) is 0. The number of amides is 1. The van der Waals surface area contributed by atoms with Crippen LogP contribution < -0.4 is 5.32 Å². The first-order valence-corrected chi connectivity index (χ1v) is 5.95. The topological polar surface area (TPSA) is 38.3 Å². The zero-order chi connectivity index (χ0) is 10.2. The second-order valence-electron chi connectivity index (χ2n) is 3.60. The number of carbonyl (C=O) groups is 1. The maximum absolute atomic E-state index is 11.0. The van der Waals surface area contributed by atoms with E-state index < -0.39 is 0 Å². The van der Waals surface area contributed by atoms with Crippen molar-refractivity contribution in [2.75, 3.05) is 18.9 Å². The predicted octanol–water partition coefficient (Wildman–Crippen LogP) is 1.38. The Bertz CT molecular complexity index is 170. The minimum absolute atomic E-state index is 0.0648. The van der Waals surface area contributed by atoms with Gasteiger partial charge in [-0.25, -0.2) is 0 Å². The van der Waals surface area contributed by atoms with Gasteiger partial charge in [-0.3, -0.25) is 4.79 Å². The van der Waals surface area contributed by atoms with E-state index in [9.17, 15) is 4.79 Å². The van der Waals surface area contributed by atoms with E-state index in [0.29, 0.717) is 31.4 Å². The molecule has 1 saturated carbocycles. The molecule has 0 radical (unpaired) electrons. The molecular formula is C10H19NO2S. The van der Waals surface area contributed by atoms with Crippen LogP contribution in [0.5, 0.6) is 0 Å². The zero-order valence-corrected chi connectivity index (χ0v) is 9.39. The third-order valence-electron chi connectivity index (χ3n) is 2.42. The lowest BCUT2D eigenvalue weighted by Crippen LogP contribution is -2.28. The number of hydrogen-bond acceptors (Lipinski definition) is 3. The molecule has 1 aliphatic carbocycles. The second-order valence-corrected chi connectivity index (χ2v) is 4.05. The van der Waals surface area contributed by atoms with E-state index in [1.807, 2.05) is 0 Å². The van der Waals surface area contributed by atoms with Gasteiger partial charge in [0, 0.05) is 13.0 Å². The zero-order valence-electron chi connectivity index (χ0n) is 8.50. The summed E-state index contributed by atoms with van der Waals surface area (Å²) in [6.45, 7) is 1.27. The van der Waals surface area contributed by atoms with Gasteiger partial charge in [0.1, 0.15) is 0 Å². The molecule has 1 rings (SSSR count). The fourth-order valence-corrected chi connectivity index (χ4v) is 1.86. The lowest BCUT2D eigenvalue weighted by atomic mass is 10.3. The SMILES string of the molecule is O=C(CCS)NCCOC1CCCC1. The van der Waals surface area contributed by atoms with E-state index in [2.05, 4.69) is 17.9 Å². The van der Waals surface area contributed by atoms with Crippen LogP contribution in [0.3, 0.4) is 0 Å². The van der Waals surface area contributed by atoms with E-state index in [0.717, 1.165) is 0 Å². The molecule has 0 aromatic rings. The summed E-state index contributed by atoms with van der Waals surface area (Å²) in [6, 6.07) is 0. The first-order chi connectivity index (χ1) is 6.83. The van der Waals surface area contributed by atoms with Crippen molar-refractivity contribution in [3.63, 3.8) is 0 Å². The Balaban J connectivity index is 1.90. The Morgan fingerprint density at radius 3 is 2.79 bits per heavy atom. The van der Waals surface area contributed by atoms with E-state index >= 15 is 0 Å². The molecule has 0 unspecified atom stereocenters. The number of nitrogens with one attached hydrogen (secondary N) is 1. The molecule has 1 aliphatic rings. The van der Waals surface area contributed by atoms with Gasteiger partial charge in [-0.2, -0.15) is 12.6 Å². The van der Waals surface area contributed by atoms with Crippen LogP contribution >= 0.6 is 12.6 Å². The monoisotopic (exact) mass is 217 g/mol. The molecule has 0 spiro atoms. The minimum Gasteiger partial charge on any atom is -0.376 e. The number of thiol groups is 1. The van der Waals surface area contributed by atoms with Crippen LogP contribution in [0, 0.1) is 0 Å².